The molecule has 0 saturated heterocycles. The molecule has 0 bridgehead atoms. The molecule has 2 nitrogen and oxygen atoms in total. The summed E-state index contributed by atoms with van der Waals surface area (Å²) in [5, 5.41) is 3.31. The monoisotopic (exact) mass is 162 g/mol. The number of hydrogen-bond acceptors (Lipinski definition) is 1. The molecule has 0 atom stereocenters. The molecule has 12 heavy (non-hydrogen) atoms. The average molecular weight is 162 g/mol. The second-order valence-corrected chi connectivity index (χ2v) is 3.17. The first kappa shape index (κ1) is 7.62. The lowest BCUT2D eigenvalue weighted by Gasteiger charge is -2.14. The highest BCUT2D eigenvalue weighted by molar-refractivity contribution is 5.08. The molecule has 0 aliphatic carbocycles. The highest BCUT2D eigenvalue weighted by atomic mass is 14.9. The van der Waals surface area contributed by atoms with Crippen LogP contribution in [0.1, 0.15) is 6.42 Å². The predicted octanol–water partition coefficient (Wildman–Crippen LogP) is 1.41. The van der Waals surface area contributed by atoms with Gasteiger partial charge in [0, 0.05) is 25.5 Å². The second kappa shape index (κ2) is 3.59. The number of nitrogens with one attached hydrogen (secondary N) is 1. The Balaban J connectivity index is 1.98. The van der Waals surface area contributed by atoms with Crippen molar-refractivity contribution < 1.29 is 0 Å². The van der Waals surface area contributed by atoms with Crippen LogP contribution in [-0.4, -0.2) is 17.7 Å². The van der Waals surface area contributed by atoms with Gasteiger partial charge in [-0.25, -0.2) is 0 Å². The first-order valence-corrected chi connectivity index (χ1v) is 4.44. The standard InChI is InChI=1S/C10H14N2/c1-2-8-12(7-1)9-10-3-5-11-6-4-10/h1-3,7-8,11H,4-6,9H2. The van der Waals surface area contributed by atoms with Gasteiger partial charge in [-0.3, -0.25) is 0 Å². The van der Waals surface area contributed by atoms with E-state index < -0.39 is 0 Å². The molecular formula is C10H14N2. The summed E-state index contributed by atoms with van der Waals surface area (Å²) in [4.78, 5) is 0. The van der Waals surface area contributed by atoms with E-state index in [9.17, 15) is 0 Å². The van der Waals surface area contributed by atoms with Crippen LogP contribution in [0.4, 0.5) is 0 Å². The lowest BCUT2D eigenvalue weighted by Crippen LogP contribution is -2.21. The van der Waals surface area contributed by atoms with E-state index in [-0.39, 0.29) is 0 Å². The maximum atomic E-state index is 3.31. The molecule has 2 heterocycles. The summed E-state index contributed by atoms with van der Waals surface area (Å²) < 4.78 is 2.22. The molecule has 0 unspecified atom stereocenters. The van der Waals surface area contributed by atoms with Crippen molar-refractivity contribution in [3.8, 4) is 0 Å². The third-order valence-electron chi connectivity index (χ3n) is 2.21. The van der Waals surface area contributed by atoms with Crippen LogP contribution in [0.2, 0.25) is 0 Å². The third-order valence-corrected chi connectivity index (χ3v) is 2.21. The Morgan fingerprint density at radius 2 is 2.17 bits per heavy atom. The summed E-state index contributed by atoms with van der Waals surface area (Å²) in [7, 11) is 0. The van der Waals surface area contributed by atoms with Crippen LogP contribution in [-0.2, 0) is 6.54 Å². The van der Waals surface area contributed by atoms with E-state index >= 15 is 0 Å². The van der Waals surface area contributed by atoms with Gasteiger partial charge >= 0.3 is 0 Å². The Labute approximate surface area is 72.9 Å². The van der Waals surface area contributed by atoms with Crippen molar-refractivity contribution in [1.29, 1.82) is 0 Å². The van der Waals surface area contributed by atoms with E-state index in [0.29, 0.717) is 0 Å². The second-order valence-electron chi connectivity index (χ2n) is 3.17. The van der Waals surface area contributed by atoms with Crippen LogP contribution in [0, 0.1) is 0 Å². The Bertz CT molecular complexity index is 259. The van der Waals surface area contributed by atoms with Gasteiger partial charge in [-0.1, -0.05) is 11.6 Å². The van der Waals surface area contributed by atoms with Crippen LogP contribution >= 0.6 is 0 Å². The summed E-state index contributed by atoms with van der Waals surface area (Å²) in [6.07, 6.45) is 7.72. The molecule has 2 heteroatoms. The molecule has 0 amide bonds. The molecule has 0 radical (unpaired) electrons. The fourth-order valence-electron chi connectivity index (χ4n) is 1.52. The van der Waals surface area contributed by atoms with Crippen molar-refractivity contribution in [2.24, 2.45) is 0 Å². The predicted molar refractivity (Wildman–Crippen MR) is 50.0 cm³/mol. The fourth-order valence-corrected chi connectivity index (χ4v) is 1.52. The molecule has 1 aromatic heterocycles. The summed E-state index contributed by atoms with van der Waals surface area (Å²) in [5.41, 5.74) is 1.55. The van der Waals surface area contributed by atoms with Gasteiger partial charge in [-0.05, 0) is 25.1 Å². The minimum absolute atomic E-state index is 1.04. The van der Waals surface area contributed by atoms with E-state index in [1.54, 1.807) is 5.57 Å². The van der Waals surface area contributed by atoms with E-state index in [2.05, 4.69) is 40.5 Å². The highest BCUT2D eigenvalue weighted by Gasteiger charge is 2.01. The zero-order valence-corrected chi connectivity index (χ0v) is 7.16. The van der Waals surface area contributed by atoms with Gasteiger partial charge in [0.15, 0.2) is 0 Å². The SMILES string of the molecule is C1=C(Cn2cccc2)CCNC1. The minimum atomic E-state index is 1.04. The van der Waals surface area contributed by atoms with Gasteiger partial charge < -0.3 is 9.88 Å². The first-order chi connectivity index (χ1) is 5.95. The Kier molecular flexibility index (Phi) is 2.28. The van der Waals surface area contributed by atoms with Gasteiger partial charge in [-0.15, -0.1) is 0 Å². The first-order valence-electron chi connectivity index (χ1n) is 4.44. The maximum Gasteiger partial charge on any atom is 0.0430 e. The van der Waals surface area contributed by atoms with Crippen molar-refractivity contribution in [3.63, 3.8) is 0 Å². The van der Waals surface area contributed by atoms with Gasteiger partial charge in [-0.2, -0.15) is 0 Å². The largest absolute Gasteiger partial charge is 0.350 e. The number of aromatic nitrogens is 1. The molecule has 1 N–H and O–H groups in total. The summed E-state index contributed by atoms with van der Waals surface area (Å²) in [6.45, 7) is 3.23. The van der Waals surface area contributed by atoms with Crippen molar-refractivity contribution >= 4 is 0 Å². The van der Waals surface area contributed by atoms with E-state index in [0.717, 1.165) is 19.6 Å². The molecule has 0 spiro atoms. The Hall–Kier alpha value is -1.02. The normalized spacial score (nSPS) is 17.5. The molecule has 2 rings (SSSR count). The average Bonchev–Trinajstić information content (AvgIpc) is 2.59. The molecule has 1 aromatic rings. The van der Waals surface area contributed by atoms with Gasteiger partial charge in [0.05, 0.1) is 0 Å². The molecular weight excluding hydrogens is 148 g/mol. The Morgan fingerprint density at radius 1 is 1.33 bits per heavy atom. The van der Waals surface area contributed by atoms with Crippen LogP contribution < -0.4 is 5.32 Å². The van der Waals surface area contributed by atoms with E-state index in [4.69, 9.17) is 0 Å². The lowest BCUT2D eigenvalue weighted by molar-refractivity contribution is 0.652. The van der Waals surface area contributed by atoms with Crippen molar-refractivity contribution in [1.82, 2.24) is 9.88 Å². The number of nitrogens with zero attached hydrogens (tertiary/aromatic N) is 1. The zero-order valence-electron chi connectivity index (χ0n) is 7.16. The van der Waals surface area contributed by atoms with Crippen LogP contribution in [0.5, 0.6) is 0 Å². The van der Waals surface area contributed by atoms with E-state index in [1.165, 1.54) is 6.42 Å². The van der Waals surface area contributed by atoms with Crippen LogP contribution in [0.25, 0.3) is 0 Å². The molecule has 0 fully saturated rings. The highest BCUT2D eigenvalue weighted by Crippen LogP contribution is 2.07. The van der Waals surface area contributed by atoms with Crippen molar-refractivity contribution in [3.05, 3.63) is 36.2 Å². The smallest absolute Gasteiger partial charge is 0.0430 e. The molecule has 1 aliphatic heterocycles. The quantitative estimate of drug-likeness (QED) is 0.650. The molecule has 1 aliphatic rings. The number of rotatable bonds is 2. The summed E-state index contributed by atoms with van der Waals surface area (Å²) in [6, 6.07) is 4.14. The summed E-state index contributed by atoms with van der Waals surface area (Å²) >= 11 is 0. The van der Waals surface area contributed by atoms with Crippen molar-refractivity contribution in [2.75, 3.05) is 13.1 Å². The number of hydrogen-bond donors (Lipinski definition) is 1. The Morgan fingerprint density at radius 3 is 2.83 bits per heavy atom. The molecule has 64 valence electrons. The van der Waals surface area contributed by atoms with E-state index in [1.807, 2.05) is 0 Å². The van der Waals surface area contributed by atoms with Crippen LogP contribution in [0.15, 0.2) is 36.2 Å². The van der Waals surface area contributed by atoms with Crippen LogP contribution in [0.3, 0.4) is 0 Å². The van der Waals surface area contributed by atoms with Gasteiger partial charge in [0.25, 0.3) is 0 Å². The third kappa shape index (κ3) is 1.77. The molecule has 0 aromatic carbocycles. The fraction of sp³-hybridized carbons (Fsp3) is 0.400. The topological polar surface area (TPSA) is 17.0 Å². The zero-order chi connectivity index (χ0) is 8.23. The molecule has 0 saturated carbocycles. The van der Waals surface area contributed by atoms with Crippen molar-refractivity contribution in [2.45, 2.75) is 13.0 Å². The van der Waals surface area contributed by atoms with Gasteiger partial charge in [0.2, 0.25) is 0 Å². The minimum Gasteiger partial charge on any atom is -0.350 e. The van der Waals surface area contributed by atoms with Gasteiger partial charge in [0.1, 0.15) is 0 Å². The maximum absolute atomic E-state index is 3.31. The lowest BCUT2D eigenvalue weighted by atomic mass is 10.1. The summed E-state index contributed by atoms with van der Waals surface area (Å²) in [5.74, 6) is 0.